The molecule has 0 aromatic heterocycles. The Kier molecular flexibility index (Phi) is 3.02. The minimum absolute atomic E-state index is 0.0656. The molecule has 4 nitrogen and oxygen atoms in total. The normalized spacial score (nSPS) is 10.3. The van der Waals surface area contributed by atoms with Gasteiger partial charge in [0, 0.05) is 12.1 Å². The summed E-state index contributed by atoms with van der Waals surface area (Å²) in [5, 5.41) is 20.5. The van der Waals surface area contributed by atoms with E-state index in [0.29, 0.717) is 0 Å². The molecule has 0 bridgehead atoms. The number of nitro groups is 1. The van der Waals surface area contributed by atoms with Gasteiger partial charge in [-0.1, -0.05) is 12.1 Å². The monoisotopic (exact) mass is 243 g/mol. The molecule has 0 unspecified atom stereocenters. The van der Waals surface area contributed by atoms with Crippen molar-refractivity contribution in [3.8, 4) is 16.9 Å². The van der Waals surface area contributed by atoms with Crippen LogP contribution < -0.4 is 0 Å². The average Bonchev–Trinajstić information content (AvgIpc) is 2.35. The molecule has 2 aromatic rings. The summed E-state index contributed by atoms with van der Waals surface area (Å²) in [6.07, 6.45) is 0. The van der Waals surface area contributed by atoms with E-state index in [1.165, 1.54) is 12.1 Å². The van der Waals surface area contributed by atoms with Crippen LogP contribution in [0.1, 0.15) is 11.1 Å². The Balaban J connectivity index is 2.55. The van der Waals surface area contributed by atoms with E-state index >= 15 is 0 Å². The molecular weight excluding hydrogens is 230 g/mol. The van der Waals surface area contributed by atoms with E-state index in [2.05, 4.69) is 0 Å². The van der Waals surface area contributed by atoms with Crippen LogP contribution in [0, 0.1) is 24.0 Å². The van der Waals surface area contributed by atoms with Crippen molar-refractivity contribution in [1.82, 2.24) is 0 Å². The number of nitrogens with zero attached hydrogens (tertiary/aromatic N) is 1. The van der Waals surface area contributed by atoms with Crippen LogP contribution in [-0.4, -0.2) is 10.0 Å². The van der Waals surface area contributed by atoms with Crippen LogP contribution >= 0.6 is 0 Å². The number of phenolic OH excluding ortho intramolecular Hbond substituents is 1. The molecule has 0 heterocycles. The molecule has 0 fully saturated rings. The molecule has 0 saturated heterocycles. The maximum absolute atomic E-state index is 10.7. The first-order valence-corrected chi connectivity index (χ1v) is 5.54. The number of phenols is 1. The summed E-state index contributed by atoms with van der Waals surface area (Å²) in [6.45, 7) is 3.62. The summed E-state index contributed by atoms with van der Waals surface area (Å²) in [7, 11) is 0. The number of hydrogen-bond donors (Lipinski definition) is 1. The van der Waals surface area contributed by atoms with Crippen molar-refractivity contribution < 1.29 is 10.0 Å². The second kappa shape index (κ2) is 4.49. The molecule has 2 rings (SSSR count). The SMILES string of the molecule is Cc1cc(-c2cccc([N+](=O)[O-])c2)cc(C)c1O. The van der Waals surface area contributed by atoms with Crippen molar-refractivity contribution in [3.05, 3.63) is 57.6 Å². The predicted molar refractivity (Wildman–Crippen MR) is 69.7 cm³/mol. The summed E-state index contributed by atoms with van der Waals surface area (Å²) in [5.41, 5.74) is 3.23. The number of aryl methyl sites for hydroxylation is 2. The highest BCUT2D eigenvalue weighted by Crippen LogP contribution is 2.30. The minimum atomic E-state index is -0.413. The van der Waals surface area contributed by atoms with Crippen LogP contribution in [0.4, 0.5) is 5.69 Å². The van der Waals surface area contributed by atoms with Gasteiger partial charge in [0.1, 0.15) is 5.75 Å². The topological polar surface area (TPSA) is 63.4 Å². The molecule has 4 heteroatoms. The van der Waals surface area contributed by atoms with Gasteiger partial charge in [0.05, 0.1) is 4.92 Å². The first-order valence-electron chi connectivity index (χ1n) is 5.54. The van der Waals surface area contributed by atoms with Crippen LogP contribution in [0.15, 0.2) is 36.4 Å². The number of hydrogen-bond acceptors (Lipinski definition) is 3. The van der Waals surface area contributed by atoms with Crippen molar-refractivity contribution in [2.24, 2.45) is 0 Å². The fourth-order valence-electron chi connectivity index (χ4n) is 1.92. The third-order valence-electron chi connectivity index (χ3n) is 2.88. The smallest absolute Gasteiger partial charge is 0.270 e. The Bertz CT molecular complexity index is 597. The average molecular weight is 243 g/mol. The Labute approximate surface area is 105 Å². The zero-order valence-electron chi connectivity index (χ0n) is 10.2. The van der Waals surface area contributed by atoms with E-state index in [4.69, 9.17) is 0 Å². The lowest BCUT2D eigenvalue weighted by Gasteiger charge is -2.08. The van der Waals surface area contributed by atoms with Crippen LogP contribution in [0.2, 0.25) is 0 Å². The standard InChI is InChI=1S/C14H13NO3/c1-9-6-12(7-10(2)14(9)16)11-4-3-5-13(8-11)15(17)18/h3-8,16H,1-2H3. The number of nitro benzene ring substituents is 1. The maximum atomic E-state index is 10.7. The fraction of sp³-hybridized carbons (Fsp3) is 0.143. The van der Waals surface area contributed by atoms with Gasteiger partial charge in [-0.3, -0.25) is 10.1 Å². The molecule has 2 aromatic carbocycles. The highest BCUT2D eigenvalue weighted by atomic mass is 16.6. The fourth-order valence-corrected chi connectivity index (χ4v) is 1.92. The lowest BCUT2D eigenvalue weighted by molar-refractivity contribution is -0.384. The van der Waals surface area contributed by atoms with E-state index in [1.807, 2.05) is 32.0 Å². The molecule has 0 saturated carbocycles. The Morgan fingerprint density at radius 2 is 1.67 bits per heavy atom. The Hall–Kier alpha value is -2.36. The molecule has 0 amide bonds. The van der Waals surface area contributed by atoms with E-state index < -0.39 is 4.92 Å². The number of aromatic hydroxyl groups is 1. The van der Waals surface area contributed by atoms with Crippen molar-refractivity contribution in [1.29, 1.82) is 0 Å². The summed E-state index contributed by atoms with van der Waals surface area (Å²) in [6, 6.07) is 10.1. The molecule has 0 radical (unpaired) electrons. The first-order chi connectivity index (χ1) is 8.49. The first kappa shape index (κ1) is 12.1. The third kappa shape index (κ3) is 2.18. The molecule has 0 atom stereocenters. The lowest BCUT2D eigenvalue weighted by atomic mass is 9.99. The largest absolute Gasteiger partial charge is 0.507 e. The van der Waals surface area contributed by atoms with Gasteiger partial charge in [-0.05, 0) is 48.2 Å². The maximum Gasteiger partial charge on any atom is 0.270 e. The van der Waals surface area contributed by atoms with Crippen molar-refractivity contribution >= 4 is 5.69 Å². The number of non-ortho nitro benzene ring substituents is 1. The molecule has 18 heavy (non-hydrogen) atoms. The zero-order valence-corrected chi connectivity index (χ0v) is 10.2. The predicted octanol–water partition coefficient (Wildman–Crippen LogP) is 3.58. The zero-order chi connectivity index (χ0) is 13.3. The quantitative estimate of drug-likeness (QED) is 0.647. The van der Waals surface area contributed by atoms with E-state index in [-0.39, 0.29) is 11.4 Å². The van der Waals surface area contributed by atoms with Gasteiger partial charge in [-0.15, -0.1) is 0 Å². The van der Waals surface area contributed by atoms with E-state index in [9.17, 15) is 15.2 Å². The highest BCUT2D eigenvalue weighted by molar-refractivity contribution is 5.69. The molecule has 0 aliphatic carbocycles. The summed E-state index contributed by atoms with van der Waals surface area (Å²) in [4.78, 5) is 10.3. The minimum Gasteiger partial charge on any atom is -0.507 e. The van der Waals surface area contributed by atoms with Gasteiger partial charge in [-0.25, -0.2) is 0 Å². The van der Waals surface area contributed by atoms with Crippen molar-refractivity contribution in [3.63, 3.8) is 0 Å². The second-order valence-corrected chi connectivity index (χ2v) is 4.27. The van der Waals surface area contributed by atoms with Crippen LogP contribution in [0.5, 0.6) is 5.75 Å². The molecule has 92 valence electrons. The van der Waals surface area contributed by atoms with Crippen molar-refractivity contribution in [2.45, 2.75) is 13.8 Å². The highest BCUT2D eigenvalue weighted by Gasteiger charge is 2.09. The van der Waals surface area contributed by atoms with Gasteiger partial charge in [0.2, 0.25) is 0 Å². The van der Waals surface area contributed by atoms with Crippen LogP contribution in [0.25, 0.3) is 11.1 Å². The van der Waals surface area contributed by atoms with Gasteiger partial charge in [0.15, 0.2) is 0 Å². The molecular formula is C14H13NO3. The Morgan fingerprint density at radius 3 is 2.22 bits per heavy atom. The lowest BCUT2D eigenvalue weighted by Crippen LogP contribution is -1.89. The van der Waals surface area contributed by atoms with Gasteiger partial charge in [0.25, 0.3) is 5.69 Å². The van der Waals surface area contributed by atoms with Gasteiger partial charge >= 0.3 is 0 Å². The summed E-state index contributed by atoms with van der Waals surface area (Å²) >= 11 is 0. The summed E-state index contributed by atoms with van der Waals surface area (Å²) in [5.74, 6) is 0.268. The van der Waals surface area contributed by atoms with E-state index in [1.54, 1.807) is 6.07 Å². The molecule has 0 aliphatic rings. The second-order valence-electron chi connectivity index (χ2n) is 4.27. The van der Waals surface area contributed by atoms with Gasteiger partial charge in [-0.2, -0.15) is 0 Å². The molecule has 1 N–H and O–H groups in total. The van der Waals surface area contributed by atoms with Crippen molar-refractivity contribution in [2.75, 3.05) is 0 Å². The number of benzene rings is 2. The third-order valence-corrected chi connectivity index (χ3v) is 2.88. The molecule has 0 spiro atoms. The van der Waals surface area contributed by atoms with Gasteiger partial charge < -0.3 is 5.11 Å². The van der Waals surface area contributed by atoms with Crippen LogP contribution in [-0.2, 0) is 0 Å². The van der Waals surface area contributed by atoms with Crippen LogP contribution in [0.3, 0.4) is 0 Å². The Morgan fingerprint density at radius 1 is 1.06 bits per heavy atom. The van der Waals surface area contributed by atoms with E-state index in [0.717, 1.165) is 22.3 Å². The summed E-state index contributed by atoms with van der Waals surface area (Å²) < 4.78 is 0. The number of rotatable bonds is 2. The molecule has 0 aliphatic heterocycles.